The summed E-state index contributed by atoms with van der Waals surface area (Å²) < 4.78 is 2.12. The Bertz CT molecular complexity index is 534. The zero-order chi connectivity index (χ0) is 12.4. The van der Waals surface area contributed by atoms with E-state index in [2.05, 4.69) is 25.7 Å². The fourth-order valence-corrected chi connectivity index (χ4v) is 2.35. The lowest BCUT2D eigenvalue weighted by Crippen LogP contribution is -2.35. The van der Waals surface area contributed by atoms with Crippen molar-refractivity contribution in [2.75, 3.05) is 18.8 Å². The molecule has 0 fully saturated rings. The molecule has 1 aromatic carbocycles. The number of benzene rings is 1. The highest BCUT2D eigenvalue weighted by atomic mass is 15.3. The normalized spacial score (nSPS) is 15.6. The molecule has 3 rings (SSSR count). The van der Waals surface area contributed by atoms with Gasteiger partial charge in [-0.05, 0) is 18.1 Å². The molecule has 0 saturated carbocycles. The minimum Gasteiger partial charge on any atom is -0.399 e. The predicted octanol–water partition coefficient (Wildman–Crippen LogP) is 0.919. The van der Waals surface area contributed by atoms with Crippen molar-refractivity contribution in [2.24, 2.45) is 0 Å². The number of hydrogen-bond acceptors (Lipinski definition) is 4. The summed E-state index contributed by atoms with van der Waals surface area (Å²) >= 11 is 0. The van der Waals surface area contributed by atoms with E-state index >= 15 is 0 Å². The minimum absolute atomic E-state index is 0.882. The zero-order valence-electron chi connectivity index (χ0n) is 10.3. The molecule has 0 amide bonds. The van der Waals surface area contributed by atoms with E-state index in [1.807, 2.05) is 24.5 Å². The van der Waals surface area contributed by atoms with Gasteiger partial charge in [0.1, 0.15) is 12.2 Å². The second-order valence-electron chi connectivity index (χ2n) is 4.67. The molecular weight excluding hydrogens is 226 g/mol. The molecular formula is C13H17N5. The van der Waals surface area contributed by atoms with Crippen LogP contribution in [0.2, 0.25) is 0 Å². The molecule has 0 bridgehead atoms. The number of nitrogens with zero attached hydrogens (tertiary/aromatic N) is 4. The molecule has 2 aromatic rings. The molecule has 18 heavy (non-hydrogen) atoms. The van der Waals surface area contributed by atoms with Crippen LogP contribution in [0.4, 0.5) is 5.69 Å². The fourth-order valence-electron chi connectivity index (χ4n) is 2.35. The third kappa shape index (κ3) is 2.22. The Kier molecular flexibility index (Phi) is 2.98. The quantitative estimate of drug-likeness (QED) is 0.814. The molecule has 1 aliphatic rings. The maximum Gasteiger partial charge on any atom is 0.147 e. The van der Waals surface area contributed by atoms with Gasteiger partial charge < -0.3 is 10.3 Å². The van der Waals surface area contributed by atoms with Crippen LogP contribution in [0.5, 0.6) is 0 Å². The van der Waals surface area contributed by atoms with Crippen molar-refractivity contribution in [1.82, 2.24) is 19.7 Å². The van der Waals surface area contributed by atoms with Crippen LogP contribution in [-0.2, 0) is 19.5 Å². The first-order chi connectivity index (χ1) is 8.83. The zero-order valence-corrected chi connectivity index (χ0v) is 10.3. The van der Waals surface area contributed by atoms with Crippen LogP contribution >= 0.6 is 0 Å². The molecule has 2 N–H and O–H groups in total. The highest BCUT2D eigenvalue weighted by Crippen LogP contribution is 2.14. The molecule has 0 radical (unpaired) electrons. The van der Waals surface area contributed by atoms with Crippen LogP contribution in [0.25, 0.3) is 0 Å². The monoisotopic (exact) mass is 243 g/mol. The Hall–Kier alpha value is -1.88. The second-order valence-corrected chi connectivity index (χ2v) is 4.67. The second kappa shape index (κ2) is 4.78. The number of aromatic nitrogens is 3. The van der Waals surface area contributed by atoms with Gasteiger partial charge in [0.25, 0.3) is 0 Å². The topological polar surface area (TPSA) is 60.0 Å². The summed E-state index contributed by atoms with van der Waals surface area (Å²) in [5, 5.41) is 8.06. The number of anilines is 1. The van der Waals surface area contributed by atoms with Gasteiger partial charge in [0.15, 0.2) is 0 Å². The number of para-hydroxylation sites is 1. The van der Waals surface area contributed by atoms with Gasteiger partial charge in [0, 0.05) is 25.3 Å². The average molecular weight is 243 g/mol. The molecule has 2 heterocycles. The van der Waals surface area contributed by atoms with Crippen LogP contribution in [0.15, 0.2) is 30.6 Å². The molecule has 5 heteroatoms. The first-order valence-corrected chi connectivity index (χ1v) is 6.25. The molecule has 0 saturated heterocycles. The smallest absolute Gasteiger partial charge is 0.147 e. The lowest BCUT2D eigenvalue weighted by Gasteiger charge is -2.26. The van der Waals surface area contributed by atoms with Crippen molar-refractivity contribution in [3.8, 4) is 0 Å². The minimum atomic E-state index is 0.882. The van der Waals surface area contributed by atoms with Gasteiger partial charge in [-0.1, -0.05) is 18.2 Å². The largest absolute Gasteiger partial charge is 0.399 e. The Morgan fingerprint density at radius 2 is 2.11 bits per heavy atom. The number of hydrogen-bond donors (Lipinski definition) is 1. The van der Waals surface area contributed by atoms with Crippen LogP contribution in [0, 0.1) is 0 Å². The molecule has 0 unspecified atom stereocenters. The van der Waals surface area contributed by atoms with Crippen molar-refractivity contribution in [1.29, 1.82) is 0 Å². The first kappa shape index (κ1) is 11.2. The van der Waals surface area contributed by atoms with Crippen molar-refractivity contribution < 1.29 is 0 Å². The SMILES string of the molecule is Nc1ccccc1CCN1CCn2cnnc2C1. The molecule has 94 valence electrons. The molecule has 1 aromatic heterocycles. The van der Waals surface area contributed by atoms with E-state index in [9.17, 15) is 0 Å². The molecule has 0 aliphatic carbocycles. The summed E-state index contributed by atoms with van der Waals surface area (Å²) in [5.41, 5.74) is 8.06. The van der Waals surface area contributed by atoms with E-state index in [1.165, 1.54) is 5.56 Å². The van der Waals surface area contributed by atoms with Crippen LogP contribution in [0.3, 0.4) is 0 Å². The Labute approximate surface area is 106 Å². The lowest BCUT2D eigenvalue weighted by atomic mass is 10.1. The number of rotatable bonds is 3. The van der Waals surface area contributed by atoms with Crippen LogP contribution < -0.4 is 5.73 Å². The molecule has 5 nitrogen and oxygen atoms in total. The van der Waals surface area contributed by atoms with Gasteiger partial charge in [0.2, 0.25) is 0 Å². The van der Waals surface area contributed by atoms with Crippen LogP contribution in [0.1, 0.15) is 11.4 Å². The van der Waals surface area contributed by atoms with Gasteiger partial charge in [-0.25, -0.2) is 0 Å². The van der Waals surface area contributed by atoms with Gasteiger partial charge in [0.05, 0.1) is 6.54 Å². The highest BCUT2D eigenvalue weighted by Gasteiger charge is 2.16. The van der Waals surface area contributed by atoms with E-state index < -0.39 is 0 Å². The summed E-state index contributed by atoms with van der Waals surface area (Å²) in [4.78, 5) is 2.40. The van der Waals surface area contributed by atoms with Crippen molar-refractivity contribution in [2.45, 2.75) is 19.5 Å². The van der Waals surface area contributed by atoms with Crippen molar-refractivity contribution in [3.63, 3.8) is 0 Å². The van der Waals surface area contributed by atoms with Gasteiger partial charge in [-0.3, -0.25) is 4.90 Å². The van der Waals surface area contributed by atoms with E-state index in [0.29, 0.717) is 0 Å². The Morgan fingerprint density at radius 1 is 1.22 bits per heavy atom. The molecule has 0 spiro atoms. The van der Waals surface area contributed by atoms with E-state index in [4.69, 9.17) is 5.73 Å². The standard InChI is InChI=1S/C13H17N5/c14-12-4-2-1-3-11(12)5-6-17-7-8-18-10-15-16-13(18)9-17/h1-4,10H,5-9,14H2. The summed E-state index contributed by atoms with van der Waals surface area (Å²) in [6, 6.07) is 8.07. The Balaban J connectivity index is 1.61. The van der Waals surface area contributed by atoms with Crippen LogP contribution in [-0.4, -0.2) is 32.8 Å². The van der Waals surface area contributed by atoms with Gasteiger partial charge >= 0.3 is 0 Å². The maximum absolute atomic E-state index is 5.95. The highest BCUT2D eigenvalue weighted by molar-refractivity contribution is 5.46. The first-order valence-electron chi connectivity index (χ1n) is 6.25. The van der Waals surface area contributed by atoms with Gasteiger partial charge in [-0.2, -0.15) is 0 Å². The third-order valence-corrected chi connectivity index (χ3v) is 3.47. The summed E-state index contributed by atoms with van der Waals surface area (Å²) in [6.45, 7) is 3.93. The van der Waals surface area contributed by atoms with Crippen molar-refractivity contribution in [3.05, 3.63) is 42.0 Å². The molecule has 0 atom stereocenters. The Morgan fingerprint density at radius 3 is 3.00 bits per heavy atom. The van der Waals surface area contributed by atoms with E-state index in [1.54, 1.807) is 0 Å². The summed E-state index contributed by atoms with van der Waals surface area (Å²) in [5.74, 6) is 1.06. The van der Waals surface area contributed by atoms with Crippen molar-refractivity contribution >= 4 is 5.69 Å². The summed E-state index contributed by atoms with van der Waals surface area (Å²) in [7, 11) is 0. The number of nitrogens with two attached hydrogens (primary N) is 1. The number of nitrogen functional groups attached to an aromatic ring is 1. The average Bonchev–Trinajstić information content (AvgIpc) is 2.85. The van der Waals surface area contributed by atoms with E-state index in [-0.39, 0.29) is 0 Å². The summed E-state index contributed by atoms with van der Waals surface area (Å²) in [6.07, 6.45) is 2.79. The predicted molar refractivity (Wildman–Crippen MR) is 69.9 cm³/mol. The lowest BCUT2D eigenvalue weighted by molar-refractivity contribution is 0.219. The fraction of sp³-hybridized carbons (Fsp3) is 0.385. The number of fused-ring (bicyclic) bond motifs is 1. The van der Waals surface area contributed by atoms with E-state index in [0.717, 1.165) is 44.1 Å². The maximum atomic E-state index is 5.95. The third-order valence-electron chi connectivity index (χ3n) is 3.47. The molecule has 1 aliphatic heterocycles. The van der Waals surface area contributed by atoms with Gasteiger partial charge in [-0.15, -0.1) is 10.2 Å².